The van der Waals surface area contributed by atoms with Crippen molar-refractivity contribution >= 4 is 43.2 Å². The Balaban J connectivity index is 2.17. The summed E-state index contributed by atoms with van der Waals surface area (Å²) in [5.41, 5.74) is 0. The van der Waals surface area contributed by atoms with Gasteiger partial charge in [0.2, 0.25) is 5.91 Å². The molecule has 1 aromatic heterocycles. The van der Waals surface area contributed by atoms with E-state index in [9.17, 15) is 13.2 Å². The molecule has 1 aromatic rings. The van der Waals surface area contributed by atoms with Crippen LogP contribution in [0.3, 0.4) is 0 Å². The molecule has 0 spiro atoms. The summed E-state index contributed by atoms with van der Waals surface area (Å²) in [4.78, 5) is 14.2. The van der Waals surface area contributed by atoms with Crippen molar-refractivity contribution in [2.24, 2.45) is 5.92 Å². The van der Waals surface area contributed by atoms with Gasteiger partial charge in [-0.25, -0.2) is 8.42 Å². The Morgan fingerprint density at radius 1 is 1.33 bits per heavy atom. The molecule has 0 aliphatic carbocycles. The van der Waals surface area contributed by atoms with E-state index in [2.05, 4.69) is 20.7 Å². The minimum atomic E-state index is -3.67. The number of carbonyl (C=O) groups is 1. The molecule has 1 N–H and O–H groups in total. The quantitative estimate of drug-likeness (QED) is 0.833. The van der Waals surface area contributed by atoms with Gasteiger partial charge in [-0.1, -0.05) is 13.8 Å². The molecule has 1 aliphatic heterocycles. The highest BCUT2D eigenvalue weighted by molar-refractivity contribution is 9.11. The molecule has 0 aromatic carbocycles. The fraction of sp³-hybridized carbons (Fsp3) is 0.615. The van der Waals surface area contributed by atoms with E-state index in [1.54, 1.807) is 11.0 Å². The number of carbonyl (C=O) groups excluding carboxylic acids is 1. The van der Waals surface area contributed by atoms with Crippen LogP contribution >= 0.6 is 27.3 Å². The van der Waals surface area contributed by atoms with Crippen LogP contribution in [0.25, 0.3) is 0 Å². The van der Waals surface area contributed by atoms with Crippen LogP contribution in [0.5, 0.6) is 0 Å². The van der Waals surface area contributed by atoms with Crippen LogP contribution in [0.2, 0.25) is 0 Å². The number of halogens is 1. The average molecular weight is 395 g/mol. The molecule has 2 heterocycles. The molecule has 1 atom stereocenters. The summed E-state index contributed by atoms with van der Waals surface area (Å²) in [5, 5.41) is 0. The number of amides is 1. The third-order valence-corrected chi connectivity index (χ3v) is 7.00. The Hall–Kier alpha value is -0.440. The van der Waals surface area contributed by atoms with Crippen LogP contribution in [0.1, 0.15) is 26.7 Å². The molecule has 118 valence electrons. The number of hydrogen-bond acceptors (Lipinski definition) is 4. The lowest BCUT2D eigenvalue weighted by atomic mass is 10.0. The average Bonchev–Trinajstić information content (AvgIpc) is 3.05. The zero-order valence-electron chi connectivity index (χ0n) is 12.0. The summed E-state index contributed by atoms with van der Waals surface area (Å²) < 4.78 is 28.3. The van der Waals surface area contributed by atoms with Gasteiger partial charge in [-0.05, 0) is 46.8 Å². The van der Waals surface area contributed by atoms with Gasteiger partial charge in [0.15, 0.2) is 0 Å². The molecule has 1 aliphatic rings. The van der Waals surface area contributed by atoms with Crippen LogP contribution in [0.4, 0.5) is 0 Å². The Morgan fingerprint density at radius 3 is 2.43 bits per heavy atom. The van der Waals surface area contributed by atoms with Gasteiger partial charge in [-0.15, -0.1) is 11.3 Å². The van der Waals surface area contributed by atoms with E-state index >= 15 is 0 Å². The van der Waals surface area contributed by atoms with Gasteiger partial charge >= 0.3 is 0 Å². The number of nitrogens with one attached hydrogen (secondary N) is 1. The highest BCUT2D eigenvalue weighted by Gasteiger charge is 2.33. The molecule has 0 bridgehead atoms. The van der Waals surface area contributed by atoms with Crippen molar-refractivity contribution in [2.45, 2.75) is 36.9 Å². The van der Waals surface area contributed by atoms with Gasteiger partial charge < -0.3 is 4.90 Å². The minimum absolute atomic E-state index is 0.101. The van der Waals surface area contributed by atoms with E-state index in [1.807, 2.05) is 13.8 Å². The van der Waals surface area contributed by atoms with Gasteiger partial charge in [0.05, 0.1) is 3.79 Å². The van der Waals surface area contributed by atoms with E-state index in [4.69, 9.17) is 0 Å². The summed E-state index contributed by atoms with van der Waals surface area (Å²) in [7, 11) is -3.67. The smallest absolute Gasteiger partial charge is 0.250 e. The van der Waals surface area contributed by atoms with Crippen molar-refractivity contribution in [1.82, 2.24) is 9.62 Å². The molecule has 2 rings (SSSR count). The highest BCUT2D eigenvalue weighted by Crippen LogP contribution is 2.26. The van der Waals surface area contributed by atoms with Crippen molar-refractivity contribution < 1.29 is 13.2 Å². The summed E-state index contributed by atoms with van der Waals surface area (Å²) >= 11 is 4.39. The maximum Gasteiger partial charge on any atom is 0.250 e. The van der Waals surface area contributed by atoms with Crippen molar-refractivity contribution in [3.63, 3.8) is 0 Å². The number of thiophene rings is 1. The monoisotopic (exact) mass is 394 g/mol. The first-order valence-corrected chi connectivity index (χ1v) is 9.97. The van der Waals surface area contributed by atoms with Crippen LogP contribution in [0, 0.1) is 5.92 Å². The number of rotatable bonds is 5. The molecular formula is C13H19BrN2O3S2. The van der Waals surface area contributed by atoms with Gasteiger partial charge in [0.25, 0.3) is 10.0 Å². The number of nitrogens with zero attached hydrogens (tertiary/aromatic N) is 1. The molecule has 21 heavy (non-hydrogen) atoms. The Morgan fingerprint density at radius 2 is 1.95 bits per heavy atom. The summed E-state index contributed by atoms with van der Waals surface area (Å²) in [6.45, 7) is 5.14. The lowest BCUT2D eigenvalue weighted by Crippen LogP contribution is -2.50. The van der Waals surface area contributed by atoms with Gasteiger partial charge in [-0.2, -0.15) is 4.72 Å². The second-order valence-corrected chi connectivity index (χ2v) is 9.84. The van der Waals surface area contributed by atoms with Gasteiger partial charge in [-0.3, -0.25) is 4.79 Å². The Labute approximate surface area is 137 Å². The number of sulfonamides is 1. The molecule has 5 nitrogen and oxygen atoms in total. The van der Waals surface area contributed by atoms with E-state index in [-0.39, 0.29) is 16.0 Å². The first kappa shape index (κ1) is 16.9. The van der Waals surface area contributed by atoms with Crippen molar-refractivity contribution in [2.75, 3.05) is 13.1 Å². The fourth-order valence-electron chi connectivity index (χ4n) is 2.27. The van der Waals surface area contributed by atoms with Gasteiger partial charge in [0.1, 0.15) is 10.3 Å². The Kier molecular flexibility index (Phi) is 5.45. The summed E-state index contributed by atoms with van der Waals surface area (Å²) in [6, 6.07) is 2.51. The zero-order valence-corrected chi connectivity index (χ0v) is 15.2. The molecule has 0 unspecified atom stereocenters. The molecule has 1 saturated heterocycles. The molecule has 1 amide bonds. The molecule has 8 heteroatoms. The number of hydrogen-bond donors (Lipinski definition) is 1. The first-order chi connectivity index (χ1) is 9.81. The molecule has 1 fully saturated rings. The minimum Gasteiger partial charge on any atom is -0.341 e. The van der Waals surface area contributed by atoms with Crippen LogP contribution in [-0.4, -0.2) is 38.4 Å². The molecule has 0 saturated carbocycles. The van der Waals surface area contributed by atoms with Crippen LogP contribution < -0.4 is 4.72 Å². The zero-order chi connectivity index (χ0) is 15.6. The van der Waals surface area contributed by atoms with Gasteiger partial charge in [0, 0.05) is 13.1 Å². The van der Waals surface area contributed by atoms with Crippen molar-refractivity contribution in [3.8, 4) is 0 Å². The third kappa shape index (κ3) is 4.06. The van der Waals surface area contributed by atoms with E-state index in [1.165, 1.54) is 6.07 Å². The molecular weight excluding hydrogens is 376 g/mol. The fourth-order valence-corrected chi connectivity index (χ4v) is 5.64. The third-order valence-electron chi connectivity index (χ3n) is 3.45. The highest BCUT2D eigenvalue weighted by atomic mass is 79.9. The van der Waals surface area contributed by atoms with E-state index in [0.717, 1.165) is 28.0 Å². The Bertz CT molecular complexity index is 607. The van der Waals surface area contributed by atoms with Crippen LogP contribution in [-0.2, 0) is 14.8 Å². The predicted molar refractivity (Wildman–Crippen MR) is 86.8 cm³/mol. The first-order valence-electron chi connectivity index (χ1n) is 6.88. The largest absolute Gasteiger partial charge is 0.341 e. The topological polar surface area (TPSA) is 66.5 Å². The summed E-state index contributed by atoms with van der Waals surface area (Å²) in [6.07, 6.45) is 1.97. The predicted octanol–water partition coefficient (Wildman–Crippen LogP) is 2.44. The maximum absolute atomic E-state index is 12.5. The second kappa shape index (κ2) is 6.76. The lowest BCUT2D eigenvalue weighted by molar-refractivity contribution is -0.132. The summed E-state index contributed by atoms with van der Waals surface area (Å²) in [5.74, 6) is -0.224. The van der Waals surface area contributed by atoms with Crippen molar-refractivity contribution in [1.29, 1.82) is 0 Å². The lowest BCUT2D eigenvalue weighted by Gasteiger charge is -2.26. The van der Waals surface area contributed by atoms with E-state index in [0.29, 0.717) is 13.1 Å². The van der Waals surface area contributed by atoms with E-state index < -0.39 is 16.1 Å². The van der Waals surface area contributed by atoms with Crippen molar-refractivity contribution in [3.05, 3.63) is 15.9 Å². The standard InChI is InChI=1S/C13H19BrN2O3S2/c1-9(2)12(13(17)16-7-3-4-8-16)15-21(18,19)11-6-5-10(14)20-11/h5-6,9,12,15H,3-4,7-8H2,1-2H3/t12-/m1/s1. The maximum atomic E-state index is 12.5. The number of likely N-dealkylation sites (tertiary alicyclic amines) is 1. The molecule has 0 radical (unpaired) electrons. The normalized spacial score (nSPS) is 17.4. The SMILES string of the molecule is CC(C)[C@@H](NS(=O)(=O)c1ccc(Br)s1)C(=O)N1CCCC1. The van der Waals surface area contributed by atoms with Crippen LogP contribution in [0.15, 0.2) is 20.1 Å². The second-order valence-electron chi connectivity index (χ2n) is 5.43.